The average Bonchev–Trinajstić information content (AvgIpc) is 2.65. The zero-order valence-corrected chi connectivity index (χ0v) is 12.3. The van der Waals surface area contributed by atoms with Crippen LogP contribution in [-0.4, -0.2) is 15.8 Å². The maximum Gasteiger partial charge on any atom is 0.168 e. The number of hydrogen-bond acceptors (Lipinski definition) is 4. The molecule has 1 aromatic heterocycles. The first-order valence-corrected chi connectivity index (χ1v) is 6.64. The van der Waals surface area contributed by atoms with E-state index in [0.29, 0.717) is 17.2 Å². The molecule has 0 amide bonds. The van der Waals surface area contributed by atoms with Gasteiger partial charge in [-0.25, -0.2) is 4.68 Å². The summed E-state index contributed by atoms with van der Waals surface area (Å²) in [5, 5.41) is 16.7. The van der Waals surface area contributed by atoms with E-state index >= 15 is 0 Å². The molecule has 98 valence electrons. The zero-order chi connectivity index (χ0) is 14.0. The summed E-state index contributed by atoms with van der Waals surface area (Å²) in [6.07, 6.45) is 0. The van der Waals surface area contributed by atoms with Gasteiger partial charge in [-0.3, -0.25) is 0 Å². The Balaban J connectivity index is 2.57. The summed E-state index contributed by atoms with van der Waals surface area (Å²) in [5.41, 5.74) is 7.17. The maximum atomic E-state index is 9.21. The van der Waals surface area contributed by atoms with Crippen molar-refractivity contribution in [3.8, 4) is 11.8 Å². The number of aromatic nitrogens is 2. The number of benzene rings is 1. The largest absolute Gasteiger partial charge is 0.382 e. The summed E-state index contributed by atoms with van der Waals surface area (Å²) in [5.74, 6) is 0.836. The number of nitriles is 1. The standard InChI is InChI=1S/C13H14BrN5/c1-8(2)17-13-9(7-15)12(16)19(18-13)11-6-4-3-5-10(11)14/h3-6,8H,16H2,1-2H3,(H,17,18). The molecule has 0 saturated carbocycles. The van der Waals surface area contributed by atoms with Crippen LogP contribution < -0.4 is 11.1 Å². The van der Waals surface area contributed by atoms with Crippen LogP contribution in [0.25, 0.3) is 5.69 Å². The number of nitrogens with one attached hydrogen (secondary N) is 1. The van der Waals surface area contributed by atoms with Gasteiger partial charge in [0.05, 0.1) is 5.69 Å². The van der Waals surface area contributed by atoms with E-state index in [1.165, 1.54) is 0 Å². The molecule has 0 bridgehead atoms. The van der Waals surface area contributed by atoms with Crippen molar-refractivity contribution >= 4 is 27.6 Å². The van der Waals surface area contributed by atoms with Gasteiger partial charge < -0.3 is 11.1 Å². The summed E-state index contributed by atoms with van der Waals surface area (Å²) >= 11 is 3.45. The minimum Gasteiger partial charge on any atom is -0.382 e. The number of anilines is 2. The Bertz CT molecular complexity index is 639. The number of nitrogen functional groups attached to an aromatic ring is 1. The Morgan fingerprint density at radius 3 is 2.68 bits per heavy atom. The van der Waals surface area contributed by atoms with Crippen molar-refractivity contribution in [3.63, 3.8) is 0 Å². The third kappa shape index (κ3) is 2.56. The van der Waals surface area contributed by atoms with E-state index in [0.717, 1.165) is 10.2 Å². The summed E-state index contributed by atoms with van der Waals surface area (Å²) < 4.78 is 2.43. The average molecular weight is 320 g/mol. The van der Waals surface area contributed by atoms with Gasteiger partial charge in [-0.1, -0.05) is 12.1 Å². The third-order valence-electron chi connectivity index (χ3n) is 2.54. The van der Waals surface area contributed by atoms with E-state index in [4.69, 9.17) is 5.73 Å². The van der Waals surface area contributed by atoms with Crippen molar-refractivity contribution in [3.05, 3.63) is 34.3 Å². The number of nitrogens with two attached hydrogens (primary N) is 1. The fourth-order valence-electron chi connectivity index (χ4n) is 1.72. The summed E-state index contributed by atoms with van der Waals surface area (Å²) in [7, 11) is 0. The molecule has 1 heterocycles. The molecule has 0 unspecified atom stereocenters. The predicted molar refractivity (Wildman–Crippen MR) is 79.2 cm³/mol. The number of para-hydroxylation sites is 1. The second-order valence-corrected chi connectivity index (χ2v) is 5.24. The first-order chi connectivity index (χ1) is 9.04. The van der Waals surface area contributed by atoms with Crippen LogP contribution in [0, 0.1) is 11.3 Å². The molecule has 0 atom stereocenters. The second kappa shape index (κ2) is 5.33. The molecule has 0 fully saturated rings. The highest BCUT2D eigenvalue weighted by atomic mass is 79.9. The third-order valence-corrected chi connectivity index (χ3v) is 3.21. The highest BCUT2D eigenvalue weighted by molar-refractivity contribution is 9.10. The van der Waals surface area contributed by atoms with Gasteiger partial charge in [0.2, 0.25) is 0 Å². The molecule has 19 heavy (non-hydrogen) atoms. The predicted octanol–water partition coefficient (Wildman–Crippen LogP) is 2.91. The Hall–Kier alpha value is -2.00. The van der Waals surface area contributed by atoms with Crippen molar-refractivity contribution in [2.24, 2.45) is 0 Å². The molecule has 5 nitrogen and oxygen atoms in total. The highest BCUT2D eigenvalue weighted by Crippen LogP contribution is 2.28. The van der Waals surface area contributed by atoms with Crippen molar-refractivity contribution < 1.29 is 0 Å². The minimum atomic E-state index is 0.175. The van der Waals surface area contributed by atoms with E-state index in [1.54, 1.807) is 4.68 Å². The summed E-state index contributed by atoms with van der Waals surface area (Å²) in [6.45, 7) is 3.96. The molecule has 0 aliphatic carbocycles. The van der Waals surface area contributed by atoms with Gasteiger partial charge in [0.15, 0.2) is 5.82 Å². The maximum absolute atomic E-state index is 9.21. The van der Waals surface area contributed by atoms with Crippen molar-refractivity contribution in [1.82, 2.24) is 9.78 Å². The van der Waals surface area contributed by atoms with Crippen LogP contribution in [0.3, 0.4) is 0 Å². The van der Waals surface area contributed by atoms with Crippen LogP contribution in [-0.2, 0) is 0 Å². The van der Waals surface area contributed by atoms with Crippen molar-refractivity contribution in [2.45, 2.75) is 19.9 Å². The van der Waals surface area contributed by atoms with Crippen LogP contribution in [0.5, 0.6) is 0 Å². The molecule has 0 aliphatic heterocycles. The summed E-state index contributed by atoms with van der Waals surface area (Å²) in [4.78, 5) is 0. The summed E-state index contributed by atoms with van der Waals surface area (Å²) in [6, 6.07) is 9.85. The van der Waals surface area contributed by atoms with Crippen molar-refractivity contribution in [1.29, 1.82) is 5.26 Å². The van der Waals surface area contributed by atoms with Crippen LogP contribution in [0.2, 0.25) is 0 Å². The molecule has 2 rings (SSSR count). The van der Waals surface area contributed by atoms with E-state index < -0.39 is 0 Å². The molecule has 0 radical (unpaired) electrons. The minimum absolute atomic E-state index is 0.175. The SMILES string of the molecule is CC(C)Nc1nn(-c2ccccc2Br)c(N)c1C#N. The molecule has 2 aromatic rings. The lowest BCUT2D eigenvalue weighted by atomic mass is 10.3. The van der Waals surface area contributed by atoms with Gasteiger partial charge in [-0.05, 0) is 41.9 Å². The Morgan fingerprint density at radius 1 is 1.42 bits per heavy atom. The number of halogens is 1. The van der Waals surface area contributed by atoms with Gasteiger partial charge in [-0.2, -0.15) is 5.26 Å². The fourth-order valence-corrected chi connectivity index (χ4v) is 2.18. The number of rotatable bonds is 3. The molecule has 6 heteroatoms. The fraction of sp³-hybridized carbons (Fsp3) is 0.231. The zero-order valence-electron chi connectivity index (χ0n) is 10.7. The lowest BCUT2D eigenvalue weighted by molar-refractivity contribution is 0.848. The smallest absolute Gasteiger partial charge is 0.168 e. The van der Waals surface area contributed by atoms with Crippen LogP contribution >= 0.6 is 15.9 Å². The normalized spacial score (nSPS) is 10.5. The molecule has 1 aromatic carbocycles. The lowest BCUT2D eigenvalue weighted by Gasteiger charge is -2.06. The molecule has 3 N–H and O–H groups in total. The van der Waals surface area contributed by atoms with E-state index in [1.807, 2.05) is 38.1 Å². The quantitative estimate of drug-likeness (QED) is 0.911. The molecule has 0 spiro atoms. The molecular formula is C13H14BrN5. The molecular weight excluding hydrogens is 306 g/mol. The van der Waals surface area contributed by atoms with Crippen LogP contribution in [0.15, 0.2) is 28.7 Å². The topological polar surface area (TPSA) is 79.7 Å². The van der Waals surface area contributed by atoms with Gasteiger partial charge in [0.25, 0.3) is 0 Å². The van der Waals surface area contributed by atoms with E-state index in [-0.39, 0.29) is 6.04 Å². The van der Waals surface area contributed by atoms with Crippen LogP contribution in [0.1, 0.15) is 19.4 Å². The monoisotopic (exact) mass is 319 g/mol. The molecule has 0 aliphatic rings. The van der Waals surface area contributed by atoms with Gasteiger partial charge in [0.1, 0.15) is 17.5 Å². The van der Waals surface area contributed by atoms with Gasteiger partial charge >= 0.3 is 0 Å². The Morgan fingerprint density at radius 2 is 2.11 bits per heavy atom. The second-order valence-electron chi connectivity index (χ2n) is 4.38. The highest BCUT2D eigenvalue weighted by Gasteiger charge is 2.18. The van der Waals surface area contributed by atoms with E-state index in [9.17, 15) is 5.26 Å². The molecule has 0 saturated heterocycles. The number of hydrogen-bond donors (Lipinski definition) is 2. The lowest BCUT2D eigenvalue weighted by Crippen LogP contribution is -2.11. The van der Waals surface area contributed by atoms with Gasteiger partial charge in [-0.15, -0.1) is 5.10 Å². The van der Waals surface area contributed by atoms with Crippen molar-refractivity contribution in [2.75, 3.05) is 11.1 Å². The Kier molecular flexibility index (Phi) is 3.76. The first kappa shape index (κ1) is 13.4. The number of nitrogens with zero attached hydrogens (tertiary/aromatic N) is 3. The Labute approximate surface area is 120 Å². The van der Waals surface area contributed by atoms with E-state index in [2.05, 4.69) is 32.4 Å². The first-order valence-electron chi connectivity index (χ1n) is 5.84. The van der Waals surface area contributed by atoms with Crippen LogP contribution in [0.4, 0.5) is 11.6 Å². The van der Waals surface area contributed by atoms with Gasteiger partial charge in [0, 0.05) is 10.5 Å².